The number of nitrogens with zero attached hydrogens (tertiary/aromatic N) is 1. The van der Waals surface area contributed by atoms with E-state index in [0.717, 1.165) is 28.0 Å². The predicted octanol–water partition coefficient (Wildman–Crippen LogP) is 3.12. The van der Waals surface area contributed by atoms with Crippen LogP contribution >= 0.6 is 11.6 Å². The Hall–Kier alpha value is -1.38. The first kappa shape index (κ1) is 11.1. The number of hydrogen-bond donors (Lipinski definition) is 1. The molecule has 0 saturated carbocycles. The number of halogens is 1. The van der Waals surface area contributed by atoms with E-state index in [1.165, 1.54) is 0 Å². The maximum absolute atomic E-state index is 6.11. The van der Waals surface area contributed by atoms with Gasteiger partial charge in [0, 0.05) is 23.7 Å². The van der Waals surface area contributed by atoms with Gasteiger partial charge < -0.3 is 5.32 Å². The Morgan fingerprint density at radius 3 is 3.06 bits per heavy atom. The van der Waals surface area contributed by atoms with Crippen molar-refractivity contribution in [2.24, 2.45) is 0 Å². The molecule has 0 fully saturated rings. The molecule has 0 aliphatic rings. The molecule has 0 saturated heterocycles. The molecular weight excluding hydrogens is 220 g/mol. The van der Waals surface area contributed by atoms with Crippen molar-refractivity contribution >= 4 is 28.6 Å². The van der Waals surface area contributed by atoms with E-state index in [1.54, 1.807) is 6.20 Å². The molecule has 0 amide bonds. The number of benzene rings is 1. The lowest BCUT2D eigenvalue weighted by Gasteiger charge is -2.03. The molecule has 1 aromatic carbocycles. The molecule has 1 aromatic heterocycles. The van der Waals surface area contributed by atoms with Gasteiger partial charge in [0.15, 0.2) is 0 Å². The summed E-state index contributed by atoms with van der Waals surface area (Å²) in [4.78, 5) is 4.36. The van der Waals surface area contributed by atoms with Gasteiger partial charge in [0.05, 0.1) is 10.5 Å². The summed E-state index contributed by atoms with van der Waals surface area (Å²) >= 11 is 6.11. The molecule has 0 unspecified atom stereocenters. The standard InChI is InChI=1S/C13H13ClN2/c1-15-8-2-4-10-6-7-12(14)11-5-3-9-16-13(10)11/h2-7,9,15H,8H2,1H3/b4-2+. The largest absolute Gasteiger partial charge is 0.316 e. The molecule has 0 bridgehead atoms. The molecular formula is C13H13ClN2. The lowest BCUT2D eigenvalue weighted by molar-refractivity contribution is 0.922. The molecule has 0 spiro atoms. The van der Waals surface area contributed by atoms with Gasteiger partial charge in [0.25, 0.3) is 0 Å². The monoisotopic (exact) mass is 232 g/mol. The maximum atomic E-state index is 6.11. The number of rotatable bonds is 3. The second kappa shape index (κ2) is 5.10. The van der Waals surface area contributed by atoms with Crippen LogP contribution in [0.3, 0.4) is 0 Å². The van der Waals surface area contributed by atoms with Gasteiger partial charge in [0.1, 0.15) is 0 Å². The van der Waals surface area contributed by atoms with Gasteiger partial charge in [-0.05, 0) is 25.2 Å². The van der Waals surface area contributed by atoms with E-state index in [2.05, 4.69) is 22.5 Å². The second-order valence-corrected chi connectivity index (χ2v) is 3.90. The van der Waals surface area contributed by atoms with E-state index in [4.69, 9.17) is 11.6 Å². The molecule has 0 aliphatic heterocycles. The van der Waals surface area contributed by atoms with Crippen LogP contribution in [0.15, 0.2) is 36.5 Å². The Bertz CT molecular complexity index is 520. The average Bonchev–Trinajstić information content (AvgIpc) is 2.33. The molecule has 0 atom stereocenters. The van der Waals surface area contributed by atoms with E-state index in [-0.39, 0.29) is 0 Å². The Morgan fingerprint density at radius 1 is 1.38 bits per heavy atom. The molecule has 2 aromatic rings. The summed E-state index contributed by atoms with van der Waals surface area (Å²) in [6, 6.07) is 7.78. The van der Waals surface area contributed by atoms with Gasteiger partial charge in [0.2, 0.25) is 0 Å². The smallest absolute Gasteiger partial charge is 0.0789 e. The first-order valence-electron chi connectivity index (χ1n) is 5.17. The number of nitrogens with one attached hydrogen (secondary N) is 1. The lowest BCUT2D eigenvalue weighted by atomic mass is 10.1. The summed E-state index contributed by atoms with van der Waals surface area (Å²) in [5.74, 6) is 0. The topological polar surface area (TPSA) is 24.9 Å². The zero-order chi connectivity index (χ0) is 11.4. The molecule has 1 heterocycles. The molecule has 2 nitrogen and oxygen atoms in total. The SMILES string of the molecule is CNC/C=C/c1ccc(Cl)c2cccnc12. The molecule has 3 heteroatoms. The maximum Gasteiger partial charge on any atom is 0.0789 e. The summed E-state index contributed by atoms with van der Waals surface area (Å²) in [6.45, 7) is 0.844. The number of pyridine rings is 1. The Morgan fingerprint density at radius 2 is 2.25 bits per heavy atom. The number of hydrogen-bond acceptors (Lipinski definition) is 2. The van der Waals surface area contributed by atoms with Gasteiger partial charge >= 0.3 is 0 Å². The summed E-state index contributed by atoms with van der Waals surface area (Å²) in [5.41, 5.74) is 2.04. The zero-order valence-electron chi connectivity index (χ0n) is 9.07. The quantitative estimate of drug-likeness (QED) is 0.880. The Labute approximate surface area is 100.0 Å². The van der Waals surface area contributed by atoms with Crippen LogP contribution in [-0.2, 0) is 0 Å². The van der Waals surface area contributed by atoms with Crippen LogP contribution < -0.4 is 5.32 Å². The van der Waals surface area contributed by atoms with E-state index in [1.807, 2.05) is 31.3 Å². The van der Waals surface area contributed by atoms with Gasteiger partial charge in [-0.15, -0.1) is 0 Å². The fourth-order valence-corrected chi connectivity index (χ4v) is 1.81. The van der Waals surface area contributed by atoms with Gasteiger partial charge in [-0.3, -0.25) is 4.98 Å². The second-order valence-electron chi connectivity index (χ2n) is 3.50. The van der Waals surface area contributed by atoms with Crippen molar-refractivity contribution in [1.29, 1.82) is 0 Å². The van der Waals surface area contributed by atoms with E-state index < -0.39 is 0 Å². The lowest BCUT2D eigenvalue weighted by Crippen LogP contribution is -2.03. The minimum atomic E-state index is 0.744. The van der Waals surface area contributed by atoms with Crippen LogP contribution in [0.25, 0.3) is 17.0 Å². The van der Waals surface area contributed by atoms with Crippen LogP contribution in [0, 0.1) is 0 Å². The predicted molar refractivity (Wildman–Crippen MR) is 69.7 cm³/mol. The number of likely N-dealkylation sites (N-methyl/N-ethyl adjacent to an activating group) is 1. The first-order valence-corrected chi connectivity index (χ1v) is 5.55. The molecule has 1 N–H and O–H groups in total. The van der Waals surface area contributed by atoms with Crippen LogP contribution in [0.2, 0.25) is 5.02 Å². The van der Waals surface area contributed by atoms with Crippen molar-refractivity contribution in [2.45, 2.75) is 0 Å². The summed E-state index contributed by atoms with van der Waals surface area (Å²) in [7, 11) is 1.92. The number of aromatic nitrogens is 1. The van der Waals surface area contributed by atoms with Crippen molar-refractivity contribution in [1.82, 2.24) is 10.3 Å². The van der Waals surface area contributed by atoms with Crippen LogP contribution in [-0.4, -0.2) is 18.6 Å². The molecule has 82 valence electrons. The fraction of sp³-hybridized carbons (Fsp3) is 0.154. The van der Waals surface area contributed by atoms with Gasteiger partial charge in [-0.1, -0.05) is 29.8 Å². The molecule has 2 rings (SSSR count). The summed E-state index contributed by atoms with van der Waals surface area (Å²) < 4.78 is 0. The average molecular weight is 233 g/mol. The summed E-state index contributed by atoms with van der Waals surface area (Å²) in [5, 5.41) is 4.80. The highest BCUT2D eigenvalue weighted by molar-refractivity contribution is 6.35. The van der Waals surface area contributed by atoms with Crippen molar-refractivity contribution < 1.29 is 0 Å². The highest BCUT2D eigenvalue weighted by atomic mass is 35.5. The Balaban J connectivity index is 2.50. The third kappa shape index (κ3) is 2.23. The molecule has 16 heavy (non-hydrogen) atoms. The first-order chi connectivity index (χ1) is 7.83. The minimum absolute atomic E-state index is 0.744. The fourth-order valence-electron chi connectivity index (χ4n) is 1.60. The van der Waals surface area contributed by atoms with Gasteiger partial charge in [-0.2, -0.15) is 0 Å². The highest BCUT2D eigenvalue weighted by Gasteiger charge is 2.02. The molecule has 0 radical (unpaired) electrons. The van der Waals surface area contributed by atoms with Crippen molar-refractivity contribution in [3.63, 3.8) is 0 Å². The zero-order valence-corrected chi connectivity index (χ0v) is 9.83. The van der Waals surface area contributed by atoms with Gasteiger partial charge in [-0.25, -0.2) is 0 Å². The van der Waals surface area contributed by atoms with E-state index in [0.29, 0.717) is 0 Å². The van der Waals surface area contributed by atoms with E-state index in [9.17, 15) is 0 Å². The van der Waals surface area contributed by atoms with Crippen LogP contribution in [0.1, 0.15) is 5.56 Å². The van der Waals surface area contributed by atoms with Crippen LogP contribution in [0.4, 0.5) is 0 Å². The normalized spacial score (nSPS) is 11.4. The van der Waals surface area contributed by atoms with Crippen molar-refractivity contribution in [3.05, 3.63) is 47.1 Å². The highest BCUT2D eigenvalue weighted by Crippen LogP contribution is 2.25. The third-order valence-corrected chi connectivity index (χ3v) is 2.70. The summed E-state index contributed by atoms with van der Waals surface area (Å²) in [6.07, 6.45) is 5.91. The Kier molecular flexibility index (Phi) is 3.54. The number of fused-ring (bicyclic) bond motifs is 1. The van der Waals surface area contributed by atoms with Crippen molar-refractivity contribution in [3.8, 4) is 0 Å². The minimum Gasteiger partial charge on any atom is -0.316 e. The van der Waals surface area contributed by atoms with E-state index >= 15 is 0 Å². The van der Waals surface area contributed by atoms with Crippen molar-refractivity contribution in [2.75, 3.05) is 13.6 Å². The molecule has 0 aliphatic carbocycles. The third-order valence-electron chi connectivity index (χ3n) is 2.37. The van der Waals surface area contributed by atoms with Crippen LogP contribution in [0.5, 0.6) is 0 Å².